The summed E-state index contributed by atoms with van der Waals surface area (Å²) in [5.74, 6) is 0.595. The van der Waals surface area contributed by atoms with Gasteiger partial charge >= 0.3 is 12.2 Å². The van der Waals surface area contributed by atoms with Crippen LogP contribution in [0.4, 0.5) is 18.0 Å². The number of halogens is 3. The van der Waals surface area contributed by atoms with Gasteiger partial charge in [0.1, 0.15) is 5.82 Å². The Morgan fingerprint density at radius 2 is 1.74 bits per heavy atom. The number of nitrogens with zero attached hydrogens (tertiary/aromatic N) is 1. The summed E-state index contributed by atoms with van der Waals surface area (Å²) in [5, 5.41) is 5.39. The second-order valence-corrected chi connectivity index (χ2v) is 6.32. The number of rotatable bonds is 4. The van der Waals surface area contributed by atoms with Crippen LogP contribution in [0.1, 0.15) is 42.9 Å². The van der Waals surface area contributed by atoms with Gasteiger partial charge in [-0.15, -0.1) is 0 Å². The average molecular weight is 376 g/mol. The highest BCUT2D eigenvalue weighted by Gasteiger charge is 2.30. The van der Waals surface area contributed by atoms with E-state index in [9.17, 15) is 18.0 Å². The van der Waals surface area contributed by atoms with Crippen LogP contribution in [0.3, 0.4) is 0 Å². The molecule has 2 amide bonds. The normalized spacial score (nSPS) is 14.0. The number of aromatic amines is 1. The fraction of sp³-hybridized carbons (Fsp3) is 0.263. The van der Waals surface area contributed by atoms with E-state index in [1.807, 2.05) is 24.3 Å². The van der Waals surface area contributed by atoms with E-state index in [1.54, 1.807) is 19.9 Å². The minimum atomic E-state index is -4.42. The first kappa shape index (κ1) is 18.8. The molecular weight excluding hydrogens is 357 g/mol. The lowest BCUT2D eigenvalue weighted by Crippen LogP contribution is -2.38. The molecule has 0 aliphatic heterocycles. The number of carbonyl (C=O) groups excluding carboxylic acids is 1. The molecule has 0 saturated carbocycles. The topological polar surface area (TPSA) is 69.8 Å². The van der Waals surface area contributed by atoms with Crippen molar-refractivity contribution < 1.29 is 18.0 Å². The van der Waals surface area contributed by atoms with Crippen LogP contribution < -0.4 is 10.6 Å². The van der Waals surface area contributed by atoms with Gasteiger partial charge in [0.15, 0.2) is 0 Å². The molecule has 5 nitrogen and oxygen atoms in total. The standard InChI is InChI=1S/C19H19F3N4O/c1-11(13-6-5-7-14(10-13)19(20,21)22)23-18(27)24-12(2)17-25-15-8-3-4-9-16(15)26-17/h3-12H,1-2H3,(H,25,26)(H2,23,24,27). The van der Waals surface area contributed by atoms with Crippen molar-refractivity contribution in [1.82, 2.24) is 20.6 Å². The third-order valence-corrected chi connectivity index (χ3v) is 4.23. The summed E-state index contributed by atoms with van der Waals surface area (Å²) in [7, 11) is 0. The second kappa shape index (κ2) is 7.30. The van der Waals surface area contributed by atoms with E-state index in [-0.39, 0.29) is 0 Å². The maximum absolute atomic E-state index is 12.8. The van der Waals surface area contributed by atoms with Gasteiger partial charge in [0.25, 0.3) is 0 Å². The smallest absolute Gasteiger partial charge is 0.340 e. The molecule has 2 aromatic carbocycles. The van der Waals surface area contributed by atoms with Crippen LogP contribution in [0.2, 0.25) is 0 Å². The third-order valence-electron chi connectivity index (χ3n) is 4.23. The molecule has 0 bridgehead atoms. The van der Waals surface area contributed by atoms with Crippen molar-refractivity contribution in [2.45, 2.75) is 32.1 Å². The highest BCUT2D eigenvalue weighted by atomic mass is 19.4. The van der Waals surface area contributed by atoms with E-state index in [0.717, 1.165) is 23.2 Å². The van der Waals surface area contributed by atoms with Crippen LogP contribution in [0.5, 0.6) is 0 Å². The van der Waals surface area contributed by atoms with Crippen molar-refractivity contribution in [2.75, 3.05) is 0 Å². The molecule has 0 spiro atoms. The van der Waals surface area contributed by atoms with Crippen LogP contribution in [0.15, 0.2) is 48.5 Å². The summed E-state index contributed by atoms with van der Waals surface area (Å²) in [5.41, 5.74) is 1.28. The minimum Gasteiger partial charge on any atom is -0.340 e. The summed E-state index contributed by atoms with van der Waals surface area (Å²) in [6.07, 6.45) is -4.42. The van der Waals surface area contributed by atoms with Gasteiger partial charge < -0.3 is 15.6 Å². The monoisotopic (exact) mass is 376 g/mol. The number of H-pyrrole nitrogens is 1. The van der Waals surface area contributed by atoms with Crippen LogP contribution in [-0.2, 0) is 6.18 Å². The van der Waals surface area contributed by atoms with Gasteiger partial charge in [0, 0.05) is 0 Å². The number of fused-ring (bicyclic) bond motifs is 1. The second-order valence-electron chi connectivity index (χ2n) is 6.32. The first-order valence-corrected chi connectivity index (χ1v) is 8.43. The predicted molar refractivity (Wildman–Crippen MR) is 96.0 cm³/mol. The molecule has 0 radical (unpaired) electrons. The van der Waals surface area contributed by atoms with Crippen LogP contribution in [0.25, 0.3) is 11.0 Å². The molecule has 3 rings (SSSR count). The number of nitrogens with one attached hydrogen (secondary N) is 3. The fourth-order valence-electron chi connectivity index (χ4n) is 2.75. The van der Waals surface area contributed by atoms with Crippen molar-refractivity contribution in [1.29, 1.82) is 0 Å². The lowest BCUT2D eigenvalue weighted by atomic mass is 10.1. The molecule has 142 valence electrons. The molecule has 3 aromatic rings. The van der Waals surface area contributed by atoms with Crippen molar-refractivity contribution in [3.8, 4) is 0 Å². The molecule has 3 N–H and O–H groups in total. The fourth-order valence-corrected chi connectivity index (χ4v) is 2.75. The van der Waals surface area contributed by atoms with E-state index in [2.05, 4.69) is 20.6 Å². The number of benzene rings is 2. The number of imidazole rings is 1. The zero-order valence-corrected chi connectivity index (χ0v) is 14.8. The SMILES string of the molecule is CC(NC(=O)NC(C)c1nc2ccccc2[nH]1)c1cccc(C(F)(F)F)c1. The molecule has 27 heavy (non-hydrogen) atoms. The number of hydrogen-bond acceptors (Lipinski definition) is 2. The lowest BCUT2D eigenvalue weighted by molar-refractivity contribution is -0.137. The first-order chi connectivity index (χ1) is 12.7. The Morgan fingerprint density at radius 1 is 1.04 bits per heavy atom. The van der Waals surface area contributed by atoms with Gasteiger partial charge in [0.2, 0.25) is 0 Å². The van der Waals surface area contributed by atoms with E-state index < -0.39 is 29.9 Å². The largest absolute Gasteiger partial charge is 0.416 e. The molecule has 0 saturated heterocycles. The van der Waals surface area contributed by atoms with Crippen LogP contribution in [-0.4, -0.2) is 16.0 Å². The van der Waals surface area contributed by atoms with Crippen LogP contribution >= 0.6 is 0 Å². The molecule has 2 atom stereocenters. The number of hydrogen-bond donors (Lipinski definition) is 3. The van der Waals surface area contributed by atoms with E-state index in [0.29, 0.717) is 11.4 Å². The Hall–Kier alpha value is -3.03. The lowest BCUT2D eigenvalue weighted by Gasteiger charge is -2.18. The first-order valence-electron chi connectivity index (χ1n) is 8.43. The van der Waals surface area contributed by atoms with Gasteiger partial charge in [-0.1, -0.05) is 24.3 Å². The Labute approximate surface area is 154 Å². The summed E-state index contributed by atoms with van der Waals surface area (Å²) >= 11 is 0. The molecule has 0 aliphatic carbocycles. The molecule has 1 aromatic heterocycles. The maximum Gasteiger partial charge on any atom is 0.416 e. The van der Waals surface area contributed by atoms with E-state index in [1.165, 1.54) is 6.07 Å². The number of carbonyl (C=O) groups is 1. The quantitative estimate of drug-likeness (QED) is 0.618. The summed E-state index contributed by atoms with van der Waals surface area (Å²) in [6, 6.07) is 10.9. The van der Waals surface area contributed by atoms with Gasteiger partial charge in [-0.25, -0.2) is 9.78 Å². The molecule has 2 unspecified atom stereocenters. The van der Waals surface area contributed by atoms with Gasteiger partial charge in [0.05, 0.1) is 28.7 Å². The van der Waals surface area contributed by atoms with Gasteiger partial charge in [-0.3, -0.25) is 0 Å². The molecule has 8 heteroatoms. The number of aromatic nitrogens is 2. The molecule has 0 fully saturated rings. The third kappa shape index (κ3) is 4.39. The number of amides is 2. The summed E-state index contributed by atoms with van der Waals surface area (Å²) < 4.78 is 38.5. The summed E-state index contributed by atoms with van der Waals surface area (Å²) in [4.78, 5) is 19.8. The van der Waals surface area contributed by atoms with Crippen molar-refractivity contribution in [3.05, 3.63) is 65.5 Å². The van der Waals surface area contributed by atoms with Gasteiger partial charge in [-0.2, -0.15) is 13.2 Å². The van der Waals surface area contributed by atoms with Crippen molar-refractivity contribution in [3.63, 3.8) is 0 Å². The number of para-hydroxylation sites is 2. The number of urea groups is 1. The molecule has 0 aliphatic rings. The Balaban J connectivity index is 1.64. The zero-order chi connectivity index (χ0) is 19.6. The van der Waals surface area contributed by atoms with Gasteiger partial charge in [-0.05, 0) is 43.7 Å². The predicted octanol–water partition coefficient (Wildman–Crippen LogP) is 4.70. The Kier molecular flexibility index (Phi) is 5.07. The number of alkyl halides is 3. The van der Waals surface area contributed by atoms with E-state index in [4.69, 9.17) is 0 Å². The van der Waals surface area contributed by atoms with E-state index >= 15 is 0 Å². The molecular formula is C19H19F3N4O. The Morgan fingerprint density at radius 3 is 2.44 bits per heavy atom. The van der Waals surface area contributed by atoms with Crippen molar-refractivity contribution >= 4 is 17.1 Å². The highest BCUT2D eigenvalue weighted by molar-refractivity contribution is 5.76. The maximum atomic E-state index is 12.8. The minimum absolute atomic E-state index is 0.372. The average Bonchev–Trinajstić information content (AvgIpc) is 3.05. The Bertz CT molecular complexity index is 918. The molecule has 1 heterocycles. The highest BCUT2D eigenvalue weighted by Crippen LogP contribution is 2.30. The zero-order valence-electron chi connectivity index (χ0n) is 14.8. The van der Waals surface area contributed by atoms with Crippen LogP contribution in [0, 0.1) is 0 Å². The summed E-state index contributed by atoms with van der Waals surface area (Å²) in [6.45, 7) is 3.40. The van der Waals surface area contributed by atoms with Crippen molar-refractivity contribution in [2.24, 2.45) is 0 Å².